The first-order valence-electron chi connectivity index (χ1n) is 5.36. The Kier molecular flexibility index (Phi) is 2.74. The predicted molar refractivity (Wildman–Crippen MR) is 52.7 cm³/mol. The second kappa shape index (κ2) is 3.87. The van der Waals surface area contributed by atoms with Crippen LogP contribution in [0.1, 0.15) is 25.7 Å². The van der Waals surface area contributed by atoms with Crippen molar-refractivity contribution in [2.75, 3.05) is 19.8 Å². The largest absolute Gasteiger partial charge is 0.381 e. The van der Waals surface area contributed by atoms with E-state index in [1.54, 1.807) is 0 Å². The van der Waals surface area contributed by atoms with Gasteiger partial charge in [-0.25, -0.2) is 0 Å². The summed E-state index contributed by atoms with van der Waals surface area (Å²) in [5.74, 6) is 0.498. The van der Waals surface area contributed by atoms with Crippen LogP contribution in [-0.2, 0) is 9.53 Å². The van der Waals surface area contributed by atoms with Crippen LogP contribution in [0.25, 0.3) is 0 Å². The Morgan fingerprint density at radius 2 is 2.36 bits per heavy atom. The molecule has 0 radical (unpaired) electrons. The Bertz CT molecular complexity index is 220. The lowest BCUT2D eigenvalue weighted by atomic mass is 10.0. The van der Waals surface area contributed by atoms with Gasteiger partial charge in [-0.1, -0.05) is 0 Å². The fraction of sp³-hybridized carbons (Fsp3) is 0.900. The van der Waals surface area contributed by atoms with Crippen LogP contribution in [0.15, 0.2) is 0 Å². The van der Waals surface area contributed by atoms with E-state index in [9.17, 15) is 4.79 Å². The van der Waals surface area contributed by atoms with Gasteiger partial charge in [0.1, 0.15) is 0 Å². The summed E-state index contributed by atoms with van der Waals surface area (Å²) in [6.07, 6.45) is 3.92. The van der Waals surface area contributed by atoms with E-state index < -0.39 is 5.54 Å². The monoisotopic (exact) mass is 198 g/mol. The number of hydrogen-bond donors (Lipinski definition) is 2. The highest BCUT2D eigenvalue weighted by Gasteiger charge is 2.45. The molecule has 1 unspecified atom stereocenters. The van der Waals surface area contributed by atoms with Gasteiger partial charge in [-0.3, -0.25) is 4.79 Å². The third kappa shape index (κ3) is 2.25. The summed E-state index contributed by atoms with van der Waals surface area (Å²) < 4.78 is 5.33. The molecule has 1 amide bonds. The number of carbonyl (C=O) groups excluding carboxylic acids is 1. The van der Waals surface area contributed by atoms with Gasteiger partial charge < -0.3 is 15.8 Å². The summed E-state index contributed by atoms with van der Waals surface area (Å²) in [6, 6.07) is 0. The molecule has 1 saturated heterocycles. The Morgan fingerprint density at radius 1 is 1.57 bits per heavy atom. The summed E-state index contributed by atoms with van der Waals surface area (Å²) in [7, 11) is 0. The van der Waals surface area contributed by atoms with Crippen molar-refractivity contribution < 1.29 is 9.53 Å². The lowest BCUT2D eigenvalue weighted by Crippen LogP contribution is -2.45. The number of hydrogen-bond acceptors (Lipinski definition) is 3. The minimum Gasteiger partial charge on any atom is -0.381 e. The van der Waals surface area contributed by atoms with Gasteiger partial charge in [-0.05, 0) is 31.6 Å². The molecule has 0 aromatic rings. The molecule has 0 aromatic carbocycles. The summed E-state index contributed by atoms with van der Waals surface area (Å²) in [6.45, 7) is 2.36. The number of nitrogens with two attached hydrogens (primary N) is 1. The lowest BCUT2D eigenvalue weighted by Gasteiger charge is -2.22. The SMILES string of the molecule is NC1(C(=O)NCC2CCCOC2)CC1. The molecule has 2 rings (SSSR count). The van der Waals surface area contributed by atoms with Crippen LogP contribution >= 0.6 is 0 Å². The van der Waals surface area contributed by atoms with E-state index in [1.165, 1.54) is 0 Å². The molecular weight excluding hydrogens is 180 g/mol. The van der Waals surface area contributed by atoms with Gasteiger partial charge in [0, 0.05) is 13.2 Å². The van der Waals surface area contributed by atoms with Gasteiger partial charge in [0.05, 0.1) is 12.1 Å². The van der Waals surface area contributed by atoms with Crippen LogP contribution in [0.2, 0.25) is 0 Å². The molecule has 0 spiro atoms. The van der Waals surface area contributed by atoms with Crippen LogP contribution in [0.3, 0.4) is 0 Å². The van der Waals surface area contributed by atoms with Crippen LogP contribution in [-0.4, -0.2) is 31.2 Å². The van der Waals surface area contributed by atoms with Crippen molar-refractivity contribution in [3.05, 3.63) is 0 Å². The molecule has 3 N–H and O–H groups in total. The van der Waals surface area contributed by atoms with Gasteiger partial charge in [-0.2, -0.15) is 0 Å². The van der Waals surface area contributed by atoms with E-state index in [0.717, 1.165) is 45.4 Å². The summed E-state index contributed by atoms with van der Waals surface area (Å²) in [4.78, 5) is 11.5. The topological polar surface area (TPSA) is 64.4 Å². The molecule has 2 aliphatic rings. The maximum absolute atomic E-state index is 11.5. The Hall–Kier alpha value is -0.610. The van der Waals surface area contributed by atoms with Crippen LogP contribution < -0.4 is 11.1 Å². The molecule has 1 saturated carbocycles. The summed E-state index contributed by atoms with van der Waals surface area (Å²) in [5.41, 5.74) is 5.23. The van der Waals surface area contributed by atoms with Gasteiger partial charge in [0.25, 0.3) is 0 Å². The number of rotatable bonds is 3. The fourth-order valence-corrected chi connectivity index (χ4v) is 1.74. The van der Waals surface area contributed by atoms with Crippen molar-refractivity contribution in [2.24, 2.45) is 11.7 Å². The zero-order valence-corrected chi connectivity index (χ0v) is 8.42. The Morgan fingerprint density at radius 3 is 2.93 bits per heavy atom. The highest BCUT2D eigenvalue weighted by Crippen LogP contribution is 2.32. The zero-order valence-electron chi connectivity index (χ0n) is 8.42. The fourth-order valence-electron chi connectivity index (χ4n) is 1.74. The normalized spacial score (nSPS) is 29.6. The Labute approximate surface area is 84.2 Å². The zero-order chi connectivity index (χ0) is 10.0. The van der Waals surface area contributed by atoms with Crippen molar-refractivity contribution in [1.29, 1.82) is 0 Å². The van der Waals surface area contributed by atoms with Crippen molar-refractivity contribution >= 4 is 5.91 Å². The first kappa shape index (κ1) is 9.93. The average molecular weight is 198 g/mol. The summed E-state index contributed by atoms with van der Waals surface area (Å²) in [5, 5.41) is 2.91. The highest BCUT2D eigenvalue weighted by molar-refractivity contribution is 5.88. The van der Waals surface area contributed by atoms with Crippen LogP contribution in [0.5, 0.6) is 0 Å². The van der Waals surface area contributed by atoms with Crippen molar-refractivity contribution in [2.45, 2.75) is 31.2 Å². The maximum atomic E-state index is 11.5. The van der Waals surface area contributed by atoms with E-state index in [2.05, 4.69) is 5.32 Å². The molecule has 4 nitrogen and oxygen atoms in total. The standard InChI is InChI=1S/C10H18N2O2/c11-10(3-4-10)9(13)12-6-8-2-1-5-14-7-8/h8H,1-7,11H2,(H,12,13). The van der Waals surface area contributed by atoms with E-state index in [4.69, 9.17) is 10.5 Å². The predicted octanol–water partition coefficient (Wildman–Crippen LogP) is 0.0205. The molecule has 1 aliphatic heterocycles. The van der Waals surface area contributed by atoms with Crippen molar-refractivity contribution in [3.8, 4) is 0 Å². The molecule has 4 heteroatoms. The van der Waals surface area contributed by atoms with Crippen molar-refractivity contribution in [1.82, 2.24) is 5.32 Å². The molecule has 1 atom stereocenters. The minimum atomic E-state index is -0.532. The number of ether oxygens (including phenoxy) is 1. The minimum absolute atomic E-state index is 0.0167. The van der Waals surface area contributed by atoms with E-state index in [-0.39, 0.29) is 5.91 Å². The van der Waals surface area contributed by atoms with Gasteiger partial charge in [0.15, 0.2) is 0 Å². The second-order valence-corrected chi connectivity index (χ2v) is 4.45. The molecule has 2 fully saturated rings. The third-order valence-electron chi connectivity index (χ3n) is 3.05. The molecule has 80 valence electrons. The van der Waals surface area contributed by atoms with Gasteiger partial charge in [0.2, 0.25) is 5.91 Å². The Balaban J connectivity index is 1.68. The second-order valence-electron chi connectivity index (χ2n) is 4.45. The molecular formula is C10H18N2O2. The quantitative estimate of drug-likeness (QED) is 0.672. The van der Waals surface area contributed by atoms with Crippen LogP contribution in [0.4, 0.5) is 0 Å². The van der Waals surface area contributed by atoms with E-state index in [0.29, 0.717) is 5.92 Å². The molecule has 0 aromatic heterocycles. The lowest BCUT2D eigenvalue weighted by molar-refractivity contribution is -0.123. The molecule has 1 aliphatic carbocycles. The summed E-state index contributed by atoms with van der Waals surface area (Å²) >= 11 is 0. The molecule has 0 bridgehead atoms. The number of amides is 1. The van der Waals surface area contributed by atoms with Gasteiger partial charge >= 0.3 is 0 Å². The smallest absolute Gasteiger partial charge is 0.240 e. The average Bonchev–Trinajstić information content (AvgIpc) is 2.96. The van der Waals surface area contributed by atoms with Gasteiger partial charge in [-0.15, -0.1) is 0 Å². The van der Waals surface area contributed by atoms with E-state index >= 15 is 0 Å². The van der Waals surface area contributed by atoms with Crippen LogP contribution in [0, 0.1) is 5.92 Å². The van der Waals surface area contributed by atoms with Crippen molar-refractivity contribution in [3.63, 3.8) is 0 Å². The first-order valence-corrected chi connectivity index (χ1v) is 5.36. The van der Waals surface area contributed by atoms with E-state index in [1.807, 2.05) is 0 Å². The number of nitrogens with one attached hydrogen (secondary N) is 1. The number of carbonyl (C=O) groups is 1. The third-order valence-corrected chi connectivity index (χ3v) is 3.05. The first-order chi connectivity index (χ1) is 6.71. The molecule has 1 heterocycles. The maximum Gasteiger partial charge on any atom is 0.240 e. The molecule has 14 heavy (non-hydrogen) atoms. The highest BCUT2D eigenvalue weighted by atomic mass is 16.5.